The third kappa shape index (κ3) is 10.3. The fourth-order valence-corrected chi connectivity index (χ4v) is 6.69. The van der Waals surface area contributed by atoms with Crippen LogP contribution in [0.5, 0.6) is 0 Å². The highest BCUT2D eigenvalue weighted by molar-refractivity contribution is 7.85. The minimum absolute atomic E-state index is 0.0666. The molecule has 0 aromatic heterocycles. The number of likely N-dealkylation sites (tertiary alicyclic amines) is 1. The molecule has 4 aromatic carbocycles. The van der Waals surface area contributed by atoms with Crippen molar-refractivity contribution in [2.45, 2.75) is 54.9 Å². The van der Waals surface area contributed by atoms with Crippen molar-refractivity contribution in [3.63, 3.8) is 0 Å². The molecule has 11 nitrogen and oxygen atoms in total. The van der Waals surface area contributed by atoms with Gasteiger partial charge in [0.1, 0.15) is 6.61 Å². The minimum Gasteiger partial charge on any atom is -0.481 e. The topological polar surface area (TPSA) is 171 Å². The number of carbonyl (C=O) groups is 3. The number of hydrogen-bond acceptors (Lipinski definition) is 7. The summed E-state index contributed by atoms with van der Waals surface area (Å²) < 4.78 is 34.9. The molecule has 51 heavy (non-hydrogen) atoms. The summed E-state index contributed by atoms with van der Waals surface area (Å²) in [5, 5.41) is 22.4. The number of ether oxygens (including phenoxy) is 1. The zero-order valence-corrected chi connectivity index (χ0v) is 29.3. The Bertz CT molecular complexity index is 1820. The largest absolute Gasteiger partial charge is 0.481 e. The number of nitrogens with one attached hydrogen (secondary N) is 1. The van der Waals surface area contributed by atoms with Crippen LogP contribution in [0.25, 0.3) is 0 Å². The molecule has 2 heterocycles. The fraction of sp³-hybridized carbons (Fsp3) is 0.308. The molecule has 0 radical (unpaired) electrons. The molecule has 0 saturated carbocycles. The van der Waals surface area contributed by atoms with Crippen LogP contribution in [0.2, 0.25) is 0 Å². The van der Waals surface area contributed by atoms with E-state index in [9.17, 15) is 33.0 Å². The molecule has 0 bridgehead atoms. The Balaban J connectivity index is 0.000000190. The van der Waals surface area contributed by atoms with Crippen LogP contribution < -0.4 is 5.32 Å². The highest BCUT2D eigenvalue weighted by Gasteiger charge is 2.44. The summed E-state index contributed by atoms with van der Waals surface area (Å²) in [5.74, 6) is -1.54. The lowest BCUT2D eigenvalue weighted by molar-refractivity contribution is -0.146. The van der Waals surface area contributed by atoms with Crippen LogP contribution in [0.1, 0.15) is 47.9 Å². The van der Waals surface area contributed by atoms with Gasteiger partial charge in [-0.25, -0.2) is 4.79 Å². The lowest BCUT2D eigenvalue weighted by Crippen LogP contribution is -2.49. The van der Waals surface area contributed by atoms with E-state index in [1.54, 1.807) is 17.0 Å². The van der Waals surface area contributed by atoms with E-state index in [2.05, 4.69) is 5.32 Å². The van der Waals surface area contributed by atoms with Crippen LogP contribution in [0, 0.1) is 6.92 Å². The molecule has 2 saturated heterocycles. The number of amides is 1. The van der Waals surface area contributed by atoms with E-state index in [4.69, 9.17) is 9.29 Å². The maximum Gasteiger partial charge on any atom is 0.410 e. The molecular weight excluding hydrogens is 673 g/mol. The summed E-state index contributed by atoms with van der Waals surface area (Å²) in [4.78, 5) is 37.1. The van der Waals surface area contributed by atoms with Gasteiger partial charge in [0.05, 0.1) is 15.7 Å². The fourth-order valence-electron chi connectivity index (χ4n) is 6.21. The standard InChI is InChI=1S/C20H21NO4.C12H15NO2.C7H8O3S/c22-18(23)20(17-9-5-2-6-10-17)11-13-21(14-12-20)19(24)25-15-16-7-3-1-4-8-16;14-11(15)12(6-8-13-9-7-12)10-4-2-1-3-5-10;1-6-2-4-7(5-3-6)11(8,9)10/h1-10H,11-15H2,(H,22,23);1-5,13H,6-9H2,(H,14,15);2-5H,1H3,(H,8,9,10). The number of piperidine rings is 2. The van der Waals surface area contributed by atoms with E-state index < -0.39 is 39.0 Å². The molecule has 4 N–H and O–H groups in total. The molecule has 2 fully saturated rings. The van der Waals surface area contributed by atoms with Crippen molar-refractivity contribution in [3.05, 3.63) is 138 Å². The number of aryl methyl sites for hydroxylation is 1. The summed E-state index contributed by atoms with van der Waals surface area (Å²) in [6.45, 7) is 4.36. The summed E-state index contributed by atoms with van der Waals surface area (Å²) >= 11 is 0. The molecule has 2 aliphatic rings. The van der Waals surface area contributed by atoms with Crippen molar-refractivity contribution in [1.82, 2.24) is 10.2 Å². The summed E-state index contributed by atoms with van der Waals surface area (Å²) in [5.41, 5.74) is 2.00. The molecule has 0 atom stereocenters. The molecule has 1 amide bonds. The first-order valence-electron chi connectivity index (χ1n) is 16.7. The Morgan fingerprint density at radius 3 is 1.55 bits per heavy atom. The highest BCUT2D eigenvalue weighted by atomic mass is 32.2. The Labute approximate surface area is 298 Å². The van der Waals surface area contributed by atoms with Crippen molar-refractivity contribution < 1.29 is 42.3 Å². The number of nitrogens with zero attached hydrogens (tertiary/aromatic N) is 1. The summed E-state index contributed by atoms with van der Waals surface area (Å²) in [6, 6.07) is 34.3. The molecule has 270 valence electrons. The number of hydrogen-bond donors (Lipinski definition) is 4. The second-order valence-corrected chi connectivity index (χ2v) is 14.0. The van der Waals surface area contributed by atoms with Crippen molar-refractivity contribution in [3.8, 4) is 0 Å². The van der Waals surface area contributed by atoms with Crippen molar-refractivity contribution in [1.29, 1.82) is 0 Å². The second-order valence-electron chi connectivity index (χ2n) is 12.6. The summed E-state index contributed by atoms with van der Waals surface area (Å²) in [6.07, 6.45) is 1.72. The van der Waals surface area contributed by atoms with E-state index >= 15 is 0 Å². The van der Waals surface area contributed by atoms with Crippen LogP contribution in [0.3, 0.4) is 0 Å². The smallest absolute Gasteiger partial charge is 0.410 e. The molecule has 0 unspecified atom stereocenters. The zero-order chi connectivity index (χ0) is 36.9. The second kappa shape index (κ2) is 17.8. The normalized spacial score (nSPS) is 16.2. The lowest BCUT2D eigenvalue weighted by Gasteiger charge is -2.38. The quantitative estimate of drug-likeness (QED) is 0.165. The Hall–Kier alpha value is -5.04. The molecule has 2 aliphatic heterocycles. The predicted octanol–water partition coefficient (Wildman–Crippen LogP) is 6.08. The van der Waals surface area contributed by atoms with Crippen LogP contribution in [-0.4, -0.2) is 72.3 Å². The molecule has 12 heteroatoms. The number of carboxylic acid groups (broad SMARTS) is 2. The van der Waals surface area contributed by atoms with Gasteiger partial charge in [0.25, 0.3) is 10.1 Å². The Kier molecular flexibility index (Phi) is 13.5. The third-order valence-electron chi connectivity index (χ3n) is 9.33. The van der Waals surface area contributed by atoms with E-state index in [0.29, 0.717) is 38.8 Å². The average molecular weight is 717 g/mol. The highest BCUT2D eigenvalue weighted by Crippen LogP contribution is 2.36. The van der Waals surface area contributed by atoms with Gasteiger partial charge in [0.2, 0.25) is 0 Å². The zero-order valence-electron chi connectivity index (χ0n) is 28.5. The predicted molar refractivity (Wildman–Crippen MR) is 192 cm³/mol. The van der Waals surface area contributed by atoms with Gasteiger partial charge in [-0.2, -0.15) is 8.42 Å². The van der Waals surface area contributed by atoms with Gasteiger partial charge in [0, 0.05) is 13.1 Å². The number of carbonyl (C=O) groups excluding carboxylic acids is 1. The van der Waals surface area contributed by atoms with Gasteiger partial charge in [0.15, 0.2) is 0 Å². The van der Waals surface area contributed by atoms with E-state index in [-0.39, 0.29) is 11.5 Å². The van der Waals surface area contributed by atoms with Crippen molar-refractivity contribution in [2.75, 3.05) is 26.2 Å². The molecule has 0 aliphatic carbocycles. The summed E-state index contributed by atoms with van der Waals surface area (Å²) in [7, 11) is -4.02. The van der Waals surface area contributed by atoms with Gasteiger partial charge >= 0.3 is 18.0 Å². The van der Waals surface area contributed by atoms with E-state index in [1.165, 1.54) is 12.1 Å². The minimum atomic E-state index is -4.02. The Morgan fingerprint density at radius 1 is 0.686 bits per heavy atom. The lowest BCUT2D eigenvalue weighted by atomic mass is 9.73. The number of rotatable bonds is 7. The van der Waals surface area contributed by atoms with Crippen LogP contribution >= 0.6 is 0 Å². The first kappa shape index (κ1) is 38.8. The maximum absolute atomic E-state index is 12.2. The van der Waals surface area contributed by atoms with Gasteiger partial charge < -0.3 is 25.2 Å². The van der Waals surface area contributed by atoms with Gasteiger partial charge in [-0.3, -0.25) is 14.1 Å². The van der Waals surface area contributed by atoms with Crippen LogP contribution in [0.4, 0.5) is 4.79 Å². The average Bonchev–Trinajstić information content (AvgIpc) is 3.15. The SMILES string of the molecule is Cc1ccc(S(=O)(=O)O)cc1.O=C(O)C1(c2ccccc2)CCNCC1.O=C(OCc1ccccc1)N1CCC(C(=O)O)(c2ccccc2)CC1. The number of benzene rings is 4. The van der Waals surface area contributed by atoms with E-state index in [0.717, 1.165) is 35.3 Å². The van der Waals surface area contributed by atoms with Crippen LogP contribution in [0.15, 0.2) is 120 Å². The molecule has 4 aromatic rings. The van der Waals surface area contributed by atoms with E-state index in [1.807, 2.05) is 97.9 Å². The Morgan fingerprint density at radius 2 is 1.12 bits per heavy atom. The third-order valence-corrected chi connectivity index (χ3v) is 10.2. The van der Waals surface area contributed by atoms with Gasteiger partial charge in [-0.05, 0) is 74.5 Å². The first-order chi connectivity index (χ1) is 24.4. The maximum atomic E-state index is 12.2. The van der Waals surface area contributed by atoms with Crippen molar-refractivity contribution in [2.24, 2.45) is 0 Å². The number of aliphatic carboxylic acids is 2. The molecule has 6 rings (SSSR count). The number of carboxylic acids is 2. The van der Waals surface area contributed by atoms with Gasteiger partial charge in [-0.15, -0.1) is 0 Å². The van der Waals surface area contributed by atoms with Crippen LogP contribution in [-0.2, 0) is 41.9 Å². The first-order valence-corrected chi connectivity index (χ1v) is 18.1. The van der Waals surface area contributed by atoms with Crippen molar-refractivity contribution >= 4 is 28.1 Å². The van der Waals surface area contributed by atoms with Gasteiger partial charge in [-0.1, -0.05) is 109 Å². The molecule has 0 spiro atoms. The monoisotopic (exact) mass is 716 g/mol. The molecular formula is C39H44N2O9S.